The molecule has 1 amide bonds. The second-order valence-corrected chi connectivity index (χ2v) is 3.42. The van der Waals surface area contributed by atoms with Gasteiger partial charge in [-0.05, 0) is 32.9 Å². The van der Waals surface area contributed by atoms with Crippen molar-refractivity contribution in [2.24, 2.45) is 5.73 Å². The highest BCUT2D eigenvalue weighted by atomic mass is 16.2. The predicted molar refractivity (Wildman–Crippen MR) is 56.0 cm³/mol. The van der Waals surface area contributed by atoms with Crippen LogP contribution in [0.1, 0.15) is 18.3 Å². The summed E-state index contributed by atoms with van der Waals surface area (Å²) >= 11 is 0. The summed E-state index contributed by atoms with van der Waals surface area (Å²) in [6.45, 7) is 5.42. The average molecular weight is 193 g/mol. The van der Waals surface area contributed by atoms with Crippen LogP contribution in [0.3, 0.4) is 0 Å². The van der Waals surface area contributed by atoms with Crippen LogP contribution in [0.5, 0.6) is 0 Å². The minimum Gasteiger partial charge on any atom is -0.325 e. The van der Waals surface area contributed by atoms with Gasteiger partial charge in [-0.25, -0.2) is 0 Å². The molecule has 1 rings (SSSR count). The lowest BCUT2D eigenvalue weighted by atomic mass is 10.2. The molecule has 0 aliphatic rings. The van der Waals surface area contributed by atoms with Gasteiger partial charge in [0.15, 0.2) is 0 Å². The van der Waals surface area contributed by atoms with Gasteiger partial charge in [0.05, 0.1) is 6.04 Å². The van der Waals surface area contributed by atoms with Gasteiger partial charge in [0.25, 0.3) is 0 Å². The molecular formula is C10H15N3O. The molecule has 1 atom stereocenters. The molecule has 1 aromatic rings. The molecule has 76 valence electrons. The maximum absolute atomic E-state index is 11.3. The summed E-state index contributed by atoms with van der Waals surface area (Å²) in [4.78, 5) is 15.5. The Bertz CT molecular complexity index is 327. The molecule has 0 bridgehead atoms. The van der Waals surface area contributed by atoms with Gasteiger partial charge in [0.1, 0.15) is 0 Å². The fourth-order valence-electron chi connectivity index (χ4n) is 1.16. The zero-order chi connectivity index (χ0) is 10.7. The molecular weight excluding hydrogens is 178 g/mol. The Balaban J connectivity index is 2.82. The van der Waals surface area contributed by atoms with E-state index >= 15 is 0 Å². The molecule has 0 saturated carbocycles. The first kappa shape index (κ1) is 10.7. The maximum atomic E-state index is 11.3. The molecule has 3 N–H and O–H groups in total. The van der Waals surface area contributed by atoms with E-state index in [4.69, 9.17) is 5.73 Å². The van der Waals surface area contributed by atoms with E-state index in [-0.39, 0.29) is 5.91 Å². The van der Waals surface area contributed by atoms with Crippen molar-refractivity contribution >= 4 is 11.6 Å². The number of rotatable bonds is 2. The molecule has 0 spiro atoms. The molecule has 4 nitrogen and oxygen atoms in total. The molecule has 1 unspecified atom stereocenters. The van der Waals surface area contributed by atoms with Crippen LogP contribution in [0.4, 0.5) is 5.69 Å². The molecule has 1 heterocycles. The van der Waals surface area contributed by atoms with Crippen molar-refractivity contribution in [2.75, 3.05) is 5.32 Å². The average Bonchev–Trinajstić information content (AvgIpc) is 2.01. The standard InChI is InChI=1S/C10H15N3O/c1-6-4-9(5-7(2)12-6)13-10(14)8(3)11/h4-5,8H,11H2,1-3H3,(H,12,13,14). The highest BCUT2D eigenvalue weighted by Gasteiger charge is 2.07. The van der Waals surface area contributed by atoms with Crippen LogP contribution >= 0.6 is 0 Å². The van der Waals surface area contributed by atoms with Crippen LogP contribution in [-0.2, 0) is 4.79 Å². The highest BCUT2D eigenvalue weighted by molar-refractivity contribution is 5.94. The molecule has 0 saturated heterocycles. The largest absolute Gasteiger partial charge is 0.325 e. The van der Waals surface area contributed by atoms with Gasteiger partial charge in [-0.3, -0.25) is 9.78 Å². The first-order chi connectivity index (χ1) is 6.49. The van der Waals surface area contributed by atoms with Crippen molar-refractivity contribution in [1.29, 1.82) is 0 Å². The van der Waals surface area contributed by atoms with Gasteiger partial charge in [0.2, 0.25) is 5.91 Å². The summed E-state index contributed by atoms with van der Waals surface area (Å²) in [6, 6.07) is 3.13. The van der Waals surface area contributed by atoms with E-state index in [2.05, 4.69) is 10.3 Å². The number of pyridine rings is 1. The van der Waals surface area contributed by atoms with Crippen LogP contribution in [0.2, 0.25) is 0 Å². The number of nitrogens with zero attached hydrogens (tertiary/aromatic N) is 1. The molecule has 0 aromatic carbocycles. The Kier molecular flexibility index (Phi) is 3.19. The third-order valence-electron chi connectivity index (χ3n) is 1.76. The number of amides is 1. The van der Waals surface area contributed by atoms with Crippen molar-refractivity contribution in [3.63, 3.8) is 0 Å². The minimum atomic E-state index is -0.497. The lowest BCUT2D eigenvalue weighted by molar-refractivity contribution is -0.117. The SMILES string of the molecule is Cc1cc(NC(=O)C(C)N)cc(C)n1. The van der Waals surface area contributed by atoms with Crippen LogP contribution in [0, 0.1) is 13.8 Å². The number of aryl methyl sites for hydroxylation is 2. The van der Waals surface area contributed by atoms with Crippen LogP contribution in [-0.4, -0.2) is 16.9 Å². The molecule has 14 heavy (non-hydrogen) atoms. The second kappa shape index (κ2) is 4.19. The topological polar surface area (TPSA) is 68.0 Å². The Morgan fingerprint density at radius 2 is 1.93 bits per heavy atom. The molecule has 1 aromatic heterocycles. The van der Waals surface area contributed by atoms with Crippen molar-refractivity contribution < 1.29 is 4.79 Å². The Hall–Kier alpha value is -1.42. The third-order valence-corrected chi connectivity index (χ3v) is 1.76. The number of carbonyl (C=O) groups is 1. The molecule has 4 heteroatoms. The van der Waals surface area contributed by atoms with Crippen LogP contribution < -0.4 is 11.1 Å². The van der Waals surface area contributed by atoms with E-state index in [1.165, 1.54) is 0 Å². The van der Waals surface area contributed by atoms with Crippen molar-refractivity contribution in [3.05, 3.63) is 23.5 Å². The number of hydrogen-bond acceptors (Lipinski definition) is 3. The van der Waals surface area contributed by atoms with Gasteiger partial charge in [-0.15, -0.1) is 0 Å². The lowest BCUT2D eigenvalue weighted by Gasteiger charge is -2.08. The Morgan fingerprint density at radius 3 is 2.36 bits per heavy atom. The van der Waals surface area contributed by atoms with Gasteiger partial charge in [0, 0.05) is 17.1 Å². The molecule has 0 radical (unpaired) electrons. The smallest absolute Gasteiger partial charge is 0.241 e. The van der Waals surface area contributed by atoms with E-state index in [1.807, 2.05) is 26.0 Å². The van der Waals surface area contributed by atoms with Crippen molar-refractivity contribution in [3.8, 4) is 0 Å². The first-order valence-electron chi connectivity index (χ1n) is 4.51. The van der Waals surface area contributed by atoms with Crippen molar-refractivity contribution in [1.82, 2.24) is 4.98 Å². The normalized spacial score (nSPS) is 12.3. The van der Waals surface area contributed by atoms with Gasteiger partial charge in [-0.2, -0.15) is 0 Å². The van der Waals surface area contributed by atoms with Crippen LogP contribution in [0.25, 0.3) is 0 Å². The van der Waals surface area contributed by atoms with Gasteiger partial charge < -0.3 is 11.1 Å². The van der Waals surface area contributed by atoms with E-state index in [9.17, 15) is 4.79 Å². The van der Waals surface area contributed by atoms with Crippen molar-refractivity contribution in [2.45, 2.75) is 26.8 Å². The van der Waals surface area contributed by atoms with Gasteiger partial charge in [-0.1, -0.05) is 0 Å². The quantitative estimate of drug-likeness (QED) is 0.735. The number of nitrogens with two attached hydrogens (primary N) is 1. The van der Waals surface area contributed by atoms with Crippen LogP contribution in [0.15, 0.2) is 12.1 Å². The fraction of sp³-hybridized carbons (Fsp3) is 0.400. The number of nitrogens with one attached hydrogen (secondary N) is 1. The second-order valence-electron chi connectivity index (χ2n) is 3.42. The summed E-state index contributed by atoms with van der Waals surface area (Å²) in [5, 5.41) is 2.72. The highest BCUT2D eigenvalue weighted by Crippen LogP contribution is 2.10. The summed E-state index contributed by atoms with van der Waals surface area (Å²) in [6.07, 6.45) is 0. The molecule has 0 aliphatic carbocycles. The predicted octanol–water partition coefficient (Wildman–Crippen LogP) is 0.984. The number of anilines is 1. The fourth-order valence-corrected chi connectivity index (χ4v) is 1.16. The Labute approximate surface area is 83.5 Å². The monoisotopic (exact) mass is 193 g/mol. The van der Waals surface area contributed by atoms with E-state index in [1.54, 1.807) is 6.92 Å². The van der Waals surface area contributed by atoms with E-state index in [0.717, 1.165) is 17.1 Å². The summed E-state index contributed by atoms with van der Waals surface area (Å²) in [5.41, 5.74) is 7.94. The minimum absolute atomic E-state index is 0.185. The zero-order valence-corrected chi connectivity index (χ0v) is 8.66. The number of aromatic nitrogens is 1. The van der Waals surface area contributed by atoms with Gasteiger partial charge >= 0.3 is 0 Å². The number of hydrogen-bond donors (Lipinski definition) is 2. The summed E-state index contributed by atoms with van der Waals surface area (Å²) in [7, 11) is 0. The van der Waals surface area contributed by atoms with E-state index < -0.39 is 6.04 Å². The maximum Gasteiger partial charge on any atom is 0.241 e. The third kappa shape index (κ3) is 2.81. The lowest BCUT2D eigenvalue weighted by Crippen LogP contribution is -2.32. The zero-order valence-electron chi connectivity index (χ0n) is 8.66. The summed E-state index contributed by atoms with van der Waals surface area (Å²) in [5.74, 6) is -0.185. The molecule has 0 aliphatic heterocycles. The molecule has 0 fully saturated rings. The van der Waals surface area contributed by atoms with E-state index in [0.29, 0.717) is 0 Å². The number of carbonyl (C=O) groups excluding carboxylic acids is 1. The Morgan fingerprint density at radius 1 is 1.43 bits per heavy atom. The summed E-state index contributed by atoms with van der Waals surface area (Å²) < 4.78 is 0. The first-order valence-corrected chi connectivity index (χ1v) is 4.51.